The smallest absolute Gasteiger partial charge is 0.136 e. The van der Waals surface area contributed by atoms with Gasteiger partial charge >= 0.3 is 0 Å². The highest BCUT2D eigenvalue weighted by Crippen LogP contribution is 2.29. The first-order valence-electron chi connectivity index (χ1n) is 7.16. The van der Waals surface area contributed by atoms with Crippen molar-refractivity contribution in [2.45, 2.75) is 33.6 Å². The maximum Gasteiger partial charge on any atom is 0.136 e. The van der Waals surface area contributed by atoms with Crippen LogP contribution in [0.3, 0.4) is 0 Å². The molecule has 1 aromatic carbocycles. The van der Waals surface area contributed by atoms with E-state index in [1.54, 1.807) is 0 Å². The van der Waals surface area contributed by atoms with Crippen molar-refractivity contribution in [3.8, 4) is 0 Å². The Morgan fingerprint density at radius 2 is 1.90 bits per heavy atom. The highest BCUT2D eigenvalue weighted by Gasteiger charge is 2.09. The molecule has 0 unspecified atom stereocenters. The van der Waals surface area contributed by atoms with E-state index in [1.807, 2.05) is 18.2 Å². The monoisotopic (exact) mass is 348 g/mol. The second kappa shape index (κ2) is 6.89. The first-order valence-corrected chi connectivity index (χ1v) is 7.95. The number of anilines is 3. The zero-order valence-electron chi connectivity index (χ0n) is 12.9. The molecule has 2 rings (SSSR count). The van der Waals surface area contributed by atoms with Crippen molar-refractivity contribution in [3.63, 3.8) is 0 Å². The van der Waals surface area contributed by atoms with Crippen LogP contribution in [0.25, 0.3) is 0 Å². The molecule has 2 N–H and O–H groups in total. The molecule has 0 amide bonds. The SMILES string of the molecule is CCNc1cc(Nc2cccc(C)c2Br)nc(C(C)C)n1. The molecule has 1 aromatic heterocycles. The molecule has 0 aliphatic heterocycles. The number of halogens is 1. The highest BCUT2D eigenvalue weighted by atomic mass is 79.9. The van der Waals surface area contributed by atoms with Crippen LogP contribution in [-0.2, 0) is 0 Å². The number of hydrogen-bond donors (Lipinski definition) is 2. The van der Waals surface area contributed by atoms with E-state index in [0.717, 1.165) is 34.2 Å². The van der Waals surface area contributed by atoms with Crippen molar-refractivity contribution in [3.05, 3.63) is 40.1 Å². The average Bonchev–Trinajstić information content (AvgIpc) is 2.44. The number of aryl methyl sites for hydroxylation is 1. The van der Waals surface area contributed by atoms with Gasteiger partial charge in [0.05, 0.1) is 5.69 Å². The maximum atomic E-state index is 4.60. The van der Waals surface area contributed by atoms with Crippen LogP contribution in [0.4, 0.5) is 17.3 Å². The first-order chi connectivity index (χ1) is 10.0. The minimum atomic E-state index is 0.283. The summed E-state index contributed by atoms with van der Waals surface area (Å²) in [6.45, 7) is 9.15. The van der Waals surface area contributed by atoms with Crippen molar-refractivity contribution >= 4 is 33.3 Å². The largest absolute Gasteiger partial charge is 0.370 e. The van der Waals surface area contributed by atoms with Gasteiger partial charge in [-0.2, -0.15) is 0 Å². The predicted molar refractivity (Wildman–Crippen MR) is 92.4 cm³/mol. The van der Waals surface area contributed by atoms with Crippen molar-refractivity contribution in [1.29, 1.82) is 0 Å². The molecule has 0 fully saturated rings. The standard InChI is InChI=1S/C16H21BrN4/c1-5-18-13-9-14(21-16(20-13)10(2)3)19-12-8-6-7-11(4)15(12)17/h6-10H,5H2,1-4H3,(H2,18,19,20,21). The summed E-state index contributed by atoms with van der Waals surface area (Å²) < 4.78 is 1.06. The van der Waals surface area contributed by atoms with Gasteiger partial charge < -0.3 is 10.6 Å². The lowest BCUT2D eigenvalue weighted by atomic mass is 10.2. The molecule has 5 heteroatoms. The number of nitrogens with zero attached hydrogens (tertiary/aromatic N) is 2. The summed E-state index contributed by atoms with van der Waals surface area (Å²) in [6, 6.07) is 8.06. The zero-order chi connectivity index (χ0) is 15.4. The Morgan fingerprint density at radius 1 is 1.19 bits per heavy atom. The van der Waals surface area contributed by atoms with E-state index < -0.39 is 0 Å². The van der Waals surface area contributed by atoms with Crippen LogP contribution >= 0.6 is 15.9 Å². The van der Waals surface area contributed by atoms with Crippen LogP contribution in [0.2, 0.25) is 0 Å². The van der Waals surface area contributed by atoms with E-state index in [9.17, 15) is 0 Å². The van der Waals surface area contributed by atoms with Gasteiger partial charge in [-0.05, 0) is 41.4 Å². The van der Waals surface area contributed by atoms with Gasteiger partial charge in [0.25, 0.3) is 0 Å². The molecule has 0 saturated heterocycles. The lowest BCUT2D eigenvalue weighted by Gasteiger charge is -2.13. The summed E-state index contributed by atoms with van der Waals surface area (Å²) in [6.07, 6.45) is 0. The Morgan fingerprint density at radius 3 is 2.57 bits per heavy atom. The lowest BCUT2D eigenvalue weighted by molar-refractivity contribution is 0.777. The topological polar surface area (TPSA) is 49.8 Å². The van der Waals surface area contributed by atoms with Crippen molar-refractivity contribution in [2.75, 3.05) is 17.2 Å². The van der Waals surface area contributed by atoms with E-state index in [-0.39, 0.29) is 5.92 Å². The van der Waals surface area contributed by atoms with Gasteiger partial charge in [0.2, 0.25) is 0 Å². The third-order valence-corrected chi connectivity index (χ3v) is 4.12. The number of hydrogen-bond acceptors (Lipinski definition) is 4. The molecule has 0 aliphatic rings. The van der Waals surface area contributed by atoms with Gasteiger partial charge in [-0.25, -0.2) is 9.97 Å². The lowest BCUT2D eigenvalue weighted by Crippen LogP contribution is -2.07. The molecule has 4 nitrogen and oxygen atoms in total. The fourth-order valence-electron chi connectivity index (χ4n) is 1.94. The number of aromatic nitrogens is 2. The van der Waals surface area contributed by atoms with E-state index in [1.165, 1.54) is 5.56 Å². The normalized spacial score (nSPS) is 10.8. The summed E-state index contributed by atoms with van der Waals surface area (Å²) in [5.74, 6) is 2.77. The summed E-state index contributed by atoms with van der Waals surface area (Å²) >= 11 is 3.61. The summed E-state index contributed by atoms with van der Waals surface area (Å²) in [5.41, 5.74) is 2.19. The van der Waals surface area contributed by atoms with Gasteiger partial charge in [0.1, 0.15) is 17.5 Å². The summed E-state index contributed by atoms with van der Waals surface area (Å²) in [5, 5.41) is 6.62. The minimum Gasteiger partial charge on any atom is -0.370 e. The quantitative estimate of drug-likeness (QED) is 0.810. The molecular formula is C16H21BrN4. The van der Waals surface area contributed by atoms with E-state index >= 15 is 0 Å². The van der Waals surface area contributed by atoms with E-state index in [0.29, 0.717) is 0 Å². The van der Waals surface area contributed by atoms with E-state index in [4.69, 9.17) is 0 Å². The molecule has 2 aromatic rings. The molecule has 0 atom stereocenters. The van der Waals surface area contributed by atoms with Gasteiger partial charge in [0, 0.05) is 23.0 Å². The van der Waals surface area contributed by atoms with Crippen LogP contribution in [0.1, 0.15) is 38.1 Å². The first kappa shape index (κ1) is 15.8. The van der Waals surface area contributed by atoms with E-state index in [2.05, 4.69) is 70.3 Å². The Labute approximate surface area is 134 Å². The Kier molecular flexibility index (Phi) is 5.17. The second-order valence-electron chi connectivity index (χ2n) is 5.24. The van der Waals surface area contributed by atoms with Crippen molar-refractivity contribution in [2.24, 2.45) is 0 Å². The average molecular weight is 349 g/mol. The molecule has 0 radical (unpaired) electrons. The molecule has 0 bridgehead atoms. The molecule has 1 heterocycles. The van der Waals surface area contributed by atoms with Crippen LogP contribution in [0, 0.1) is 6.92 Å². The third-order valence-electron chi connectivity index (χ3n) is 3.07. The van der Waals surface area contributed by atoms with Gasteiger partial charge in [-0.3, -0.25) is 0 Å². The number of nitrogens with one attached hydrogen (secondary N) is 2. The highest BCUT2D eigenvalue weighted by molar-refractivity contribution is 9.10. The summed E-state index contributed by atoms with van der Waals surface area (Å²) in [7, 11) is 0. The Bertz CT molecular complexity index is 626. The summed E-state index contributed by atoms with van der Waals surface area (Å²) in [4.78, 5) is 9.13. The van der Waals surface area contributed by atoms with Gasteiger partial charge in [-0.15, -0.1) is 0 Å². The Balaban J connectivity index is 2.36. The zero-order valence-corrected chi connectivity index (χ0v) is 14.5. The number of rotatable bonds is 5. The molecular weight excluding hydrogens is 328 g/mol. The van der Waals surface area contributed by atoms with Crippen molar-refractivity contribution in [1.82, 2.24) is 9.97 Å². The second-order valence-corrected chi connectivity index (χ2v) is 6.04. The maximum absolute atomic E-state index is 4.60. The molecule has 0 aliphatic carbocycles. The molecule has 21 heavy (non-hydrogen) atoms. The Hall–Kier alpha value is -1.62. The molecule has 0 spiro atoms. The third kappa shape index (κ3) is 3.94. The van der Waals surface area contributed by atoms with Crippen LogP contribution in [0.5, 0.6) is 0 Å². The predicted octanol–water partition coefficient (Wildman–Crippen LogP) is 4.85. The van der Waals surface area contributed by atoms with Crippen LogP contribution in [0.15, 0.2) is 28.7 Å². The van der Waals surface area contributed by atoms with Gasteiger partial charge in [-0.1, -0.05) is 26.0 Å². The molecule has 0 saturated carbocycles. The van der Waals surface area contributed by atoms with Crippen LogP contribution in [-0.4, -0.2) is 16.5 Å². The molecule has 112 valence electrons. The van der Waals surface area contributed by atoms with Gasteiger partial charge in [0.15, 0.2) is 0 Å². The van der Waals surface area contributed by atoms with Crippen LogP contribution < -0.4 is 10.6 Å². The van der Waals surface area contributed by atoms with Crippen molar-refractivity contribution < 1.29 is 0 Å². The number of benzene rings is 1. The minimum absolute atomic E-state index is 0.283. The fraction of sp³-hybridized carbons (Fsp3) is 0.375. The fourth-order valence-corrected chi connectivity index (χ4v) is 2.31.